The summed E-state index contributed by atoms with van der Waals surface area (Å²) in [6.45, 7) is 10.2. The predicted molar refractivity (Wildman–Crippen MR) is 85.8 cm³/mol. The van der Waals surface area contributed by atoms with Crippen molar-refractivity contribution >= 4 is 5.82 Å². The lowest BCUT2D eigenvalue weighted by Gasteiger charge is -2.19. The van der Waals surface area contributed by atoms with Crippen LogP contribution < -0.4 is 10.5 Å². The Balaban J connectivity index is 2.41. The number of aromatic nitrogens is 2. The standard InChI is InChI=1S/C17H23N3O/c1-6-12-8-7-9-13(10-12)21-15-11(2)14(18)19-16(20-15)17(3,4)5/h7-10H,6H2,1-5H3,(H2,18,19,20). The van der Waals surface area contributed by atoms with Gasteiger partial charge in [-0.25, -0.2) is 4.98 Å². The third kappa shape index (κ3) is 3.51. The van der Waals surface area contributed by atoms with E-state index in [2.05, 4.69) is 43.7 Å². The summed E-state index contributed by atoms with van der Waals surface area (Å²) in [4.78, 5) is 8.91. The first-order chi connectivity index (χ1) is 9.81. The molecule has 0 radical (unpaired) electrons. The van der Waals surface area contributed by atoms with Gasteiger partial charge in [0, 0.05) is 5.41 Å². The van der Waals surface area contributed by atoms with Crippen molar-refractivity contribution in [2.45, 2.75) is 46.5 Å². The average Bonchev–Trinajstić information content (AvgIpc) is 2.42. The monoisotopic (exact) mass is 285 g/mol. The van der Waals surface area contributed by atoms with Gasteiger partial charge in [-0.05, 0) is 31.0 Å². The second-order valence-corrected chi connectivity index (χ2v) is 6.22. The van der Waals surface area contributed by atoms with Crippen molar-refractivity contribution in [3.63, 3.8) is 0 Å². The highest BCUT2D eigenvalue weighted by molar-refractivity contribution is 5.46. The van der Waals surface area contributed by atoms with Crippen molar-refractivity contribution in [3.05, 3.63) is 41.2 Å². The van der Waals surface area contributed by atoms with Crippen LogP contribution in [0, 0.1) is 6.92 Å². The Labute approximate surface area is 126 Å². The Kier molecular flexibility index (Phi) is 4.16. The molecule has 4 heteroatoms. The number of nitrogens with zero attached hydrogens (tertiary/aromatic N) is 2. The van der Waals surface area contributed by atoms with Gasteiger partial charge >= 0.3 is 0 Å². The number of nitrogen functional groups attached to an aromatic ring is 1. The molecule has 0 unspecified atom stereocenters. The van der Waals surface area contributed by atoms with Gasteiger partial charge in [-0.15, -0.1) is 0 Å². The van der Waals surface area contributed by atoms with Gasteiger partial charge in [0.05, 0.1) is 5.56 Å². The lowest BCUT2D eigenvalue weighted by molar-refractivity contribution is 0.442. The molecule has 0 spiro atoms. The topological polar surface area (TPSA) is 61.0 Å². The fourth-order valence-electron chi connectivity index (χ4n) is 1.89. The number of rotatable bonds is 3. The number of benzene rings is 1. The molecule has 0 aliphatic heterocycles. The second-order valence-electron chi connectivity index (χ2n) is 6.22. The van der Waals surface area contributed by atoms with Crippen LogP contribution in [0.5, 0.6) is 11.6 Å². The lowest BCUT2D eigenvalue weighted by atomic mass is 9.95. The summed E-state index contributed by atoms with van der Waals surface area (Å²) in [6, 6.07) is 8.01. The van der Waals surface area contributed by atoms with Gasteiger partial charge in [0.25, 0.3) is 0 Å². The summed E-state index contributed by atoms with van der Waals surface area (Å²) >= 11 is 0. The Morgan fingerprint density at radius 2 is 1.90 bits per heavy atom. The first-order valence-electron chi connectivity index (χ1n) is 7.22. The maximum Gasteiger partial charge on any atom is 0.227 e. The highest BCUT2D eigenvalue weighted by atomic mass is 16.5. The molecule has 0 aliphatic carbocycles. The molecule has 0 bridgehead atoms. The molecule has 0 amide bonds. The second kappa shape index (κ2) is 5.72. The Bertz CT molecular complexity index is 645. The molecule has 0 atom stereocenters. The van der Waals surface area contributed by atoms with Gasteiger partial charge in [-0.1, -0.05) is 39.8 Å². The van der Waals surface area contributed by atoms with E-state index < -0.39 is 0 Å². The van der Waals surface area contributed by atoms with Gasteiger partial charge in [0.2, 0.25) is 5.88 Å². The highest BCUT2D eigenvalue weighted by Gasteiger charge is 2.21. The molecular weight excluding hydrogens is 262 g/mol. The fraction of sp³-hybridized carbons (Fsp3) is 0.412. The predicted octanol–water partition coefficient (Wildman–Crippen LogP) is 4.02. The van der Waals surface area contributed by atoms with E-state index >= 15 is 0 Å². The number of nitrogens with two attached hydrogens (primary N) is 1. The quantitative estimate of drug-likeness (QED) is 0.925. The summed E-state index contributed by atoms with van der Waals surface area (Å²) in [6.07, 6.45) is 0.968. The Morgan fingerprint density at radius 1 is 1.19 bits per heavy atom. The number of hydrogen-bond acceptors (Lipinski definition) is 4. The van der Waals surface area contributed by atoms with Crippen molar-refractivity contribution in [3.8, 4) is 11.6 Å². The minimum Gasteiger partial charge on any atom is -0.439 e. The molecule has 1 aromatic carbocycles. The van der Waals surface area contributed by atoms with Crippen LogP contribution in [0.4, 0.5) is 5.82 Å². The largest absolute Gasteiger partial charge is 0.439 e. The number of ether oxygens (including phenoxy) is 1. The number of aryl methyl sites for hydroxylation is 1. The average molecular weight is 285 g/mol. The molecule has 0 saturated carbocycles. The van der Waals surface area contributed by atoms with Crippen molar-refractivity contribution < 1.29 is 4.74 Å². The summed E-state index contributed by atoms with van der Waals surface area (Å²) in [7, 11) is 0. The van der Waals surface area contributed by atoms with Crippen LogP contribution in [0.15, 0.2) is 24.3 Å². The van der Waals surface area contributed by atoms with Crippen LogP contribution >= 0.6 is 0 Å². The first kappa shape index (κ1) is 15.3. The van der Waals surface area contributed by atoms with E-state index in [9.17, 15) is 0 Å². The summed E-state index contributed by atoms with van der Waals surface area (Å²) < 4.78 is 5.94. The summed E-state index contributed by atoms with van der Waals surface area (Å²) in [5.41, 5.74) is 7.81. The van der Waals surface area contributed by atoms with Gasteiger partial charge < -0.3 is 10.5 Å². The minimum absolute atomic E-state index is 0.175. The third-order valence-electron chi connectivity index (χ3n) is 3.33. The zero-order valence-corrected chi connectivity index (χ0v) is 13.4. The number of hydrogen-bond donors (Lipinski definition) is 1. The molecular formula is C17H23N3O. The molecule has 2 aromatic rings. The maximum atomic E-state index is 6.00. The van der Waals surface area contributed by atoms with E-state index in [1.54, 1.807) is 0 Å². The maximum absolute atomic E-state index is 6.00. The molecule has 0 aliphatic rings. The molecule has 1 aromatic heterocycles. The zero-order chi connectivity index (χ0) is 15.6. The Hall–Kier alpha value is -2.10. The first-order valence-corrected chi connectivity index (χ1v) is 7.22. The van der Waals surface area contributed by atoms with Crippen LogP contribution in [-0.4, -0.2) is 9.97 Å². The normalized spacial score (nSPS) is 11.5. The molecule has 112 valence electrons. The van der Waals surface area contributed by atoms with Crippen molar-refractivity contribution in [1.29, 1.82) is 0 Å². The molecule has 2 rings (SSSR count). The van der Waals surface area contributed by atoms with Crippen molar-refractivity contribution in [2.24, 2.45) is 0 Å². The Morgan fingerprint density at radius 3 is 2.52 bits per heavy atom. The fourth-order valence-corrected chi connectivity index (χ4v) is 1.89. The van der Waals surface area contributed by atoms with E-state index in [1.165, 1.54) is 5.56 Å². The molecule has 21 heavy (non-hydrogen) atoms. The van der Waals surface area contributed by atoms with Crippen LogP contribution in [0.1, 0.15) is 44.6 Å². The number of anilines is 1. The molecule has 0 fully saturated rings. The van der Waals surface area contributed by atoms with Crippen LogP contribution in [-0.2, 0) is 11.8 Å². The van der Waals surface area contributed by atoms with Crippen LogP contribution in [0.3, 0.4) is 0 Å². The lowest BCUT2D eigenvalue weighted by Crippen LogP contribution is -2.18. The van der Waals surface area contributed by atoms with E-state index in [-0.39, 0.29) is 5.41 Å². The summed E-state index contributed by atoms with van der Waals surface area (Å²) in [5.74, 6) is 2.46. The van der Waals surface area contributed by atoms with Crippen LogP contribution in [0.2, 0.25) is 0 Å². The highest BCUT2D eigenvalue weighted by Crippen LogP contribution is 2.29. The van der Waals surface area contributed by atoms with Gasteiger partial charge in [-0.3, -0.25) is 0 Å². The van der Waals surface area contributed by atoms with E-state index in [1.807, 2.05) is 25.1 Å². The third-order valence-corrected chi connectivity index (χ3v) is 3.33. The smallest absolute Gasteiger partial charge is 0.227 e. The van der Waals surface area contributed by atoms with Crippen molar-refractivity contribution in [1.82, 2.24) is 9.97 Å². The van der Waals surface area contributed by atoms with Gasteiger partial charge in [-0.2, -0.15) is 4.98 Å². The van der Waals surface area contributed by atoms with Gasteiger partial charge in [0.15, 0.2) is 0 Å². The molecule has 1 heterocycles. The molecule has 0 saturated heterocycles. The summed E-state index contributed by atoms with van der Waals surface area (Å²) in [5, 5.41) is 0. The SMILES string of the molecule is CCc1cccc(Oc2nc(C(C)(C)C)nc(N)c2C)c1. The van der Waals surface area contributed by atoms with E-state index in [0.29, 0.717) is 17.5 Å². The zero-order valence-electron chi connectivity index (χ0n) is 13.4. The molecule has 2 N–H and O–H groups in total. The molecule has 4 nitrogen and oxygen atoms in total. The minimum atomic E-state index is -0.175. The van der Waals surface area contributed by atoms with Gasteiger partial charge in [0.1, 0.15) is 17.4 Å². The van der Waals surface area contributed by atoms with Crippen LogP contribution in [0.25, 0.3) is 0 Å². The van der Waals surface area contributed by atoms with E-state index in [0.717, 1.165) is 17.7 Å². The van der Waals surface area contributed by atoms with E-state index in [4.69, 9.17) is 10.5 Å². The van der Waals surface area contributed by atoms with Crippen molar-refractivity contribution in [2.75, 3.05) is 5.73 Å².